The van der Waals surface area contributed by atoms with Gasteiger partial charge in [-0.25, -0.2) is 19.2 Å². The molecule has 1 aliphatic rings. The number of aliphatic hydroxyl groups is 1. The van der Waals surface area contributed by atoms with Crippen molar-refractivity contribution in [1.82, 2.24) is 20.2 Å². The summed E-state index contributed by atoms with van der Waals surface area (Å²) in [6.45, 7) is 15.1. The highest BCUT2D eigenvalue weighted by atomic mass is 19.3. The smallest absolute Gasteiger partial charge is 0.408 e. The van der Waals surface area contributed by atoms with E-state index in [2.05, 4.69) is 20.9 Å². The van der Waals surface area contributed by atoms with Crippen LogP contribution < -0.4 is 21.6 Å². The largest absolute Gasteiger partial charge is 0.451 e. The maximum atomic E-state index is 15.7. The molecule has 0 spiro atoms. The quantitative estimate of drug-likeness (QED) is 0.213. The van der Waals surface area contributed by atoms with Crippen molar-refractivity contribution in [3.05, 3.63) is 22.7 Å². The molecule has 4 N–H and O–H groups in total. The van der Waals surface area contributed by atoms with Crippen LogP contribution in [-0.4, -0.2) is 86.7 Å². The minimum Gasteiger partial charge on any atom is -0.451 e. The Balaban J connectivity index is 2.24. The van der Waals surface area contributed by atoms with Crippen LogP contribution in [0.5, 0.6) is 0 Å². The number of aromatic nitrogens is 2. The molecule has 1 saturated heterocycles. The summed E-state index contributed by atoms with van der Waals surface area (Å²) < 4.78 is 52.5. The van der Waals surface area contributed by atoms with Gasteiger partial charge in [-0.1, -0.05) is 27.7 Å². The third-order valence-electron chi connectivity index (χ3n) is 6.32. The first-order valence-corrected chi connectivity index (χ1v) is 14.7. The highest BCUT2D eigenvalue weighted by Gasteiger charge is 2.62. The molecule has 17 heteroatoms. The number of carbonyl (C=O) groups excluding carboxylic acids is 4. The lowest BCUT2D eigenvalue weighted by Crippen LogP contribution is -2.51. The van der Waals surface area contributed by atoms with E-state index in [0.717, 1.165) is 12.3 Å². The zero-order valence-electron chi connectivity index (χ0n) is 27.7. The Bertz CT molecular complexity index is 1320. The highest BCUT2D eigenvalue weighted by Crippen LogP contribution is 2.44. The van der Waals surface area contributed by atoms with Gasteiger partial charge in [0.2, 0.25) is 12.1 Å². The monoisotopic (exact) mass is 661 g/mol. The van der Waals surface area contributed by atoms with Crippen LogP contribution in [0.1, 0.15) is 75.5 Å². The van der Waals surface area contributed by atoms with Gasteiger partial charge in [0.15, 0.2) is 6.10 Å². The van der Waals surface area contributed by atoms with E-state index in [-0.39, 0.29) is 5.82 Å². The number of rotatable bonds is 10. The van der Waals surface area contributed by atoms with Crippen molar-refractivity contribution in [2.45, 2.75) is 117 Å². The maximum absolute atomic E-state index is 15.7. The van der Waals surface area contributed by atoms with Gasteiger partial charge in [-0.3, -0.25) is 9.36 Å². The van der Waals surface area contributed by atoms with Crippen molar-refractivity contribution < 1.29 is 52.0 Å². The Labute approximate surface area is 265 Å². The Morgan fingerprint density at radius 2 is 1.48 bits per heavy atom. The number of nitrogens with one attached hydrogen (secondary N) is 3. The molecule has 2 rings (SSSR count). The van der Waals surface area contributed by atoms with Gasteiger partial charge in [0.1, 0.15) is 35.2 Å². The second kappa shape index (κ2) is 14.7. The zero-order valence-corrected chi connectivity index (χ0v) is 27.7. The molecule has 1 aromatic heterocycles. The third kappa shape index (κ3) is 10.3. The summed E-state index contributed by atoms with van der Waals surface area (Å²) in [7, 11) is 0. The minimum absolute atomic E-state index is 0.307. The summed E-state index contributed by atoms with van der Waals surface area (Å²) >= 11 is 0. The number of alkyl halides is 2. The van der Waals surface area contributed by atoms with E-state index < -0.39 is 95.8 Å². The van der Waals surface area contributed by atoms with E-state index in [9.17, 15) is 29.1 Å². The summed E-state index contributed by atoms with van der Waals surface area (Å²) in [5.74, 6) is -7.38. The first kappa shape index (κ1) is 38.3. The summed E-state index contributed by atoms with van der Waals surface area (Å²) in [5, 5.41) is 16.9. The second-order valence-corrected chi connectivity index (χ2v) is 13.5. The lowest BCUT2D eigenvalue weighted by atomic mass is 10.0. The summed E-state index contributed by atoms with van der Waals surface area (Å²) in [6, 6.07) is -1.44. The normalized spacial score (nSPS) is 20.9. The molecule has 0 aliphatic carbocycles. The van der Waals surface area contributed by atoms with E-state index in [4.69, 9.17) is 18.9 Å². The summed E-state index contributed by atoms with van der Waals surface area (Å²) in [6.07, 6.45) is -7.40. The van der Waals surface area contributed by atoms with E-state index >= 15 is 8.78 Å². The Kier molecular flexibility index (Phi) is 12.3. The van der Waals surface area contributed by atoms with Crippen LogP contribution in [0.4, 0.5) is 24.2 Å². The molecule has 0 aromatic carbocycles. The molecule has 5 atom stereocenters. The van der Waals surface area contributed by atoms with Gasteiger partial charge in [-0.15, -0.1) is 0 Å². The van der Waals surface area contributed by atoms with Gasteiger partial charge < -0.3 is 40.0 Å². The van der Waals surface area contributed by atoms with Gasteiger partial charge in [0, 0.05) is 6.20 Å². The van der Waals surface area contributed by atoms with Gasteiger partial charge in [0.05, 0.1) is 6.61 Å². The predicted molar refractivity (Wildman–Crippen MR) is 159 cm³/mol. The van der Waals surface area contributed by atoms with Crippen LogP contribution in [0.3, 0.4) is 0 Å². The molecule has 1 aromatic rings. The number of anilines is 1. The maximum Gasteiger partial charge on any atom is 0.408 e. The summed E-state index contributed by atoms with van der Waals surface area (Å²) in [4.78, 5) is 66.8. The fourth-order valence-electron chi connectivity index (χ4n) is 4.23. The van der Waals surface area contributed by atoms with Gasteiger partial charge in [-0.2, -0.15) is 13.8 Å². The summed E-state index contributed by atoms with van der Waals surface area (Å²) in [5.41, 5.74) is -2.99. The fraction of sp³-hybridized carbons (Fsp3) is 0.724. The van der Waals surface area contributed by atoms with Gasteiger partial charge in [-0.05, 0) is 59.4 Å². The van der Waals surface area contributed by atoms with Crippen LogP contribution in [0.15, 0.2) is 17.1 Å². The van der Waals surface area contributed by atoms with E-state index in [0.29, 0.717) is 4.57 Å². The Morgan fingerprint density at radius 1 is 0.978 bits per heavy atom. The van der Waals surface area contributed by atoms with Crippen molar-refractivity contribution in [2.75, 3.05) is 11.9 Å². The molecule has 3 amide bonds. The number of nitrogens with zero attached hydrogens (tertiary/aromatic N) is 2. The van der Waals surface area contributed by atoms with Crippen LogP contribution in [-0.2, 0) is 28.5 Å². The Hall–Kier alpha value is -3.86. The van der Waals surface area contributed by atoms with E-state index in [1.54, 1.807) is 69.2 Å². The van der Waals surface area contributed by atoms with E-state index in [1.165, 1.54) is 0 Å². The molecule has 1 unspecified atom stereocenters. The number of hydrogen-bond donors (Lipinski definition) is 4. The first-order chi connectivity index (χ1) is 21.0. The predicted octanol–water partition coefficient (Wildman–Crippen LogP) is 2.72. The number of halogens is 2. The number of carbonyl (C=O) groups is 4. The third-order valence-corrected chi connectivity index (χ3v) is 6.32. The molecule has 2 heterocycles. The average molecular weight is 662 g/mol. The molecular weight excluding hydrogens is 616 g/mol. The molecule has 0 radical (unpaired) electrons. The molecule has 1 aliphatic heterocycles. The Morgan fingerprint density at radius 3 is 1.91 bits per heavy atom. The standard InChI is InChI=1S/C29H45F2N5O10/c1-14(2)18(34-25(41)45-27(5,6)7)21(38)32-17-11-12-36(24(40)33-17)23-29(30,31)20(16(13-37)43-23)44-22(39)19(15(3)4)35-26(42)46-28(8,9)10/h11-12,14-16,18-20,23,37H,13H2,1-10H3,(H,34,41)(H,35,42)(H,32,33,38,40)/t16-,18?,19+,20-,23-/m1/s1. The van der Waals surface area contributed by atoms with Crippen molar-refractivity contribution in [1.29, 1.82) is 0 Å². The van der Waals surface area contributed by atoms with Crippen molar-refractivity contribution in [3.8, 4) is 0 Å². The van der Waals surface area contributed by atoms with Crippen LogP contribution in [0.2, 0.25) is 0 Å². The minimum atomic E-state index is -4.06. The SMILES string of the molecule is CC(C)C(NC(=O)OC(C)(C)C)C(=O)Nc1ccn([C@@H]2O[C@H](CO)[C@@H](OC(=O)[C@@H](NC(=O)OC(C)(C)C)C(C)C)C2(F)F)c(=O)n1. The van der Waals surface area contributed by atoms with Gasteiger partial charge >= 0.3 is 29.8 Å². The molecule has 15 nitrogen and oxygen atoms in total. The number of aliphatic hydroxyl groups excluding tert-OH is 1. The highest BCUT2D eigenvalue weighted by molar-refractivity contribution is 5.96. The molecular formula is C29H45F2N5O10. The van der Waals surface area contributed by atoms with Gasteiger partial charge in [0.25, 0.3) is 0 Å². The lowest BCUT2D eigenvalue weighted by molar-refractivity contribution is -0.179. The fourth-order valence-corrected chi connectivity index (χ4v) is 4.23. The van der Waals surface area contributed by atoms with Crippen LogP contribution >= 0.6 is 0 Å². The van der Waals surface area contributed by atoms with Crippen LogP contribution in [0, 0.1) is 11.8 Å². The average Bonchev–Trinajstić information content (AvgIpc) is 3.12. The van der Waals surface area contributed by atoms with E-state index in [1.807, 2.05) is 0 Å². The lowest BCUT2D eigenvalue weighted by Gasteiger charge is -2.28. The number of ether oxygens (including phenoxy) is 4. The second-order valence-electron chi connectivity index (χ2n) is 13.5. The number of alkyl carbamates (subject to hydrolysis) is 2. The molecule has 260 valence electrons. The number of esters is 1. The number of amides is 3. The molecule has 46 heavy (non-hydrogen) atoms. The zero-order chi connectivity index (χ0) is 35.4. The van der Waals surface area contributed by atoms with Crippen molar-refractivity contribution in [2.24, 2.45) is 11.8 Å². The number of hydrogen-bond acceptors (Lipinski definition) is 11. The van der Waals surface area contributed by atoms with Crippen molar-refractivity contribution in [3.63, 3.8) is 0 Å². The first-order valence-electron chi connectivity index (χ1n) is 14.7. The molecule has 0 saturated carbocycles. The van der Waals surface area contributed by atoms with Crippen LogP contribution in [0.25, 0.3) is 0 Å². The topological polar surface area (TPSA) is 196 Å². The molecule has 1 fully saturated rings. The molecule has 0 bridgehead atoms. The van der Waals surface area contributed by atoms with Crippen molar-refractivity contribution >= 4 is 29.9 Å².